The lowest BCUT2D eigenvalue weighted by atomic mass is 9.85. The molecule has 1 unspecified atom stereocenters. The first kappa shape index (κ1) is 13.8. The first-order valence-corrected chi connectivity index (χ1v) is 7.90. The second-order valence-corrected chi connectivity index (χ2v) is 6.29. The van der Waals surface area contributed by atoms with Gasteiger partial charge in [0.05, 0.1) is 11.7 Å². The van der Waals surface area contributed by atoms with Gasteiger partial charge < -0.3 is 19.5 Å². The highest BCUT2D eigenvalue weighted by Gasteiger charge is 2.39. The fraction of sp³-hybridized carbons (Fsp3) is 1.00. The van der Waals surface area contributed by atoms with Gasteiger partial charge in [0.2, 0.25) is 0 Å². The summed E-state index contributed by atoms with van der Waals surface area (Å²) in [7, 11) is 0. The van der Waals surface area contributed by atoms with Crippen LogP contribution in [-0.2, 0) is 14.2 Å². The summed E-state index contributed by atoms with van der Waals surface area (Å²) in [5.74, 6) is 0.759. The van der Waals surface area contributed by atoms with Crippen LogP contribution in [0, 0.1) is 5.92 Å². The van der Waals surface area contributed by atoms with Crippen molar-refractivity contribution in [2.45, 2.75) is 50.2 Å². The van der Waals surface area contributed by atoms with Crippen LogP contribution in [-0.4, -0.2) is 51.2 Å². The van der Waals surface area contributed by atoms with Gasteiger partial charge in [0.1, 0.15) is 0 Å². The predicted octanol–water partition coefficient (Wildman–Crippen LogP) is 1.73. The van der Waals surface area contributed by atoms with Crippen molar-refractivity contribution in [1.82, 2.24) is 5.32 Å². The van der Waals surface area contributed by atoms with Crippen LogP contribution in [0.3, 0.4) is 0 Å². The van der Waals surface area contributed by atoms with Crippen molar-refractivity contribution in [3.8, 4) is 0 Å². The lowest BCUT2D eigenvalue weighted by molar-refractivity contribution is -0.171. The Kier molecular flexibility index (Phi) is 4.74. The van der Waals surface area contributed by atoms with Gasteiger partial charge in [-0.25, -0.2) is 0 Å². The molecule has 0 amide bonds. The van der Waals surface area contributed by atoms with Gasteiger partial charge in [-0.15, -0.1) is 0 Å². The summed E-state index contributed by atoms with van der Waals surface area (Å²) in [4.78, 5) is 0. The van der Waals surface area contributed by atoms with E-state index in [0.717, 1.165) is 71.1 Å². The van der Waals surface area contributed by atoms with E-state index in [-0.39, 0.29) is 5.60 Å². The Morgan fingerprint density at radius 1 is 1.05 bits per heavy atom. The highest BCUT2D eigenvalue weighted by atomic mass is 16.5. The van der Waals surface area contributed by atoms with Gasteiger partial charge in [0.25, 0.3) is 0 Å². The van der Waals surface area contributed by atoms with E-state index < -0.39 is 0 Å². The van der Waals surface area contributed by atoms with Crippen LogP contribution in [0.1, 0.15) is 38.5 Å². The molecule has 1 atom stereocenters. The second kappa shape index (κ2) is 6.53. The summed E-state index contributed by atoms with van der Waals surface area (Å²) >= 11 is 0. The van der Waals surface area contributed by atoms with Crippen molar-refractivity contribution in [3.63, 3.8) is 0 Å². The molecule has 0 bridgehead atoms. The van der Waals surface area contributed by atoms with Crippen LogP contribution >= 0.6 is 0 Å². The molecule has 19 heavy (non-hydrogen) atoms. The topological polar surface area (TPSA) is 39.7 Å². The van der Waals surface area contributed by atoms with Crippen molar-refractivity contribution < 1.29 is 14.2 Å². The zero-order chi connectivity index (χ0) is 13.0. The van der Waals surface area contributed by atoms with Gasteiger partial charge in [-0.1, -0.05) is 0 Å². The van der Waals surface area contributed by atoms with Gasteiger partial charge >= 0.3 is 0 Å². The zero-order valence-electron chi connectivity index (χ0n) is 11.9. The van der Waals surface area contributed by atoms with Gasteiger partial charge in [0.15, 0.2) is 0 Å². The molecule has 3 aliphatic rings. The number of rotatable bonds is 3. The Morgan fingerprint density at radius 3 is 2.63 bits per heavy atom. The fourth-order valence-corrected chi connectivity index (χ4v) is 3.54. The van der Waals surface area contributed by atoms with Crippen LogP contribution in [0.4, 0.5) is 0 Å². The molecule has 3 heterocycles. The molecule has 0 radical (unpaired) electrons. The number of hydrogen-bond acceptors (Lipinski definition) is 4. The maximum Gasteiger partial charge on any atom is 0.0751 e. The van der Waals surface area contributed by atoms with Crippen LogP contribution in [0.5, 0.6) is 0 Å². The summed E-state index contributed by atoms with van der Waals surface area (Å²) in [6.07, 6.45) is 7.15. The highest BCUT2D eigenvalue weighted by molar-refractivity contribution is 4.89. The molecule has 3 fully saturated rings. The minimum atomic E-state index is 0.0648. The third-order valence-electron chi connectivity index (χ3n) is 4.88. The van der Waals surface area contributed by atoms with E-state index in [1.165, 1.54) is 12.8 Å². The minimum absolute atomic E-state index is 0.0648. The van der Waals surface area contributed by atoms with Gasteiger partial charge in [-0.05, 0) is 51.1 Å². The van der Waals surface area contributed by atoms with E-state index in [4.69, 9.17) is 14.2 Å². The van der Waals surface area contributed by atoms with E-state index in [2.05, 4.69) is 5.32 Å². The Labute approximate surface area is 116 Å². The molecule has 110 valence electrons. The van der Waals surface area contributed by atoms with Crippen LogP contribution in [0.15, 0.2) is 0 Å². The lowest BCUT2D eigenvalue weighted by Gasteiger charge is -2.43. The average Bonchev–Trinajstić information content (AvgIpc) is 2.47. The molecular formula is C15H27NO3. The van der Waals surface area contributed by atoms with Crippen molar-refractivity contribution in [2.24, 2.45) is 5.92 Å². The molecule has 4 heteroatoms. The summed E-state index contributed by atoms with van der Waals surface area (Å²) in [6.45, 7) is 5.81. The third kappa shape index (κ3) is 3.69. The fourth-order valence-electron chi connectivity index (χ4n) is 3.54. The molecule has 1 N–H and O–H groups in total. The van der Waals surface area contributed by atoms with Gasteiger partial charge in [-0.2, -0.15) is 0 Å². The molecule has 3 aliphatic heterocycles. The van der Waals surface area contributed by atoms with Crippen LogP contribution in [0.2, 0.25) is 0 Å². The van der Waals surface area contributed by atoms with Gasteiger partial charge in [-0.3, -0.25) is 0 Å². The second-order valence-electron chi connectivity index (χ2n) is 6.29. The highest BCUT2D eigenvalue weighted by Crippen LogP contribution is 2.35. The largest absolute Gasteiger partial charge is 0.381 e. The van der Waals surface area contributed by atoms with E-state index in [0.29, 0.717) is 6.10 Å². The summed E-state index contributed by atoms with van der Waals surface area (Å²) in [6, 6.07) is 0. The molecule has 3 rings (SSSR count). The van der Waals surface area contributed by atoms with E-state index in [9.17, 15) is 0 Å². The van der Waals surface area contributed by atoms with Crippen LogP contribution in [0.25, 0.3) is 0 Å². The molecule has 0 aromatic rings. The third-order valence-corrected chi connectivity index (χ3v) is 4.88. The smallest absolute Gasteiger partial charge is 0.0751 e. The van der Waals surface area contributed by atoms with Crippen molar-refractivity contribution in [3.05, 3.63) is 0 Å². The maximum absolute atomic E-state index is 6.20. The number of hydrogen-bond donors (Lipinski definition) is 1. The first-order valence-electron chi connectivity index (χ1n) is 7.90. The quantitative estimate of drug-likeness (QED) is 0.847. The SMILES string of the molecule is C1CC(COC2CCOC3(CCOCC3)C2)CCN1. The number of ether oxygens (including phenoxy) is 3. The predicted molar refractivity (Wildman–Crippen MR) is 73.3 cm³/mol. The van der Waals surface area contributed by atoms with Crippen molar-refractivity contribution in [1.29, 1.82) is 0 Å². The van der Waals surface area contributed by atoms with E-state index in [1.54, 1.807) is 0 Å². The maximum atomic E-state index is 6.20. The van der Waals surface area contributed by atoms with Crippen molar-refractivity contribution in [2.75, 3.05) is 39.5 Å². The molecule has 3 saturated heterocycles. The average molecular weight is 269 g/mol. The molecule has 4 nitrogen and oxygen atoms in total. The summed E-state index contributed by atoms with van der Waals surface area (Å²) < 4.78 is 17.7. The summed E-state index contributed by atoms with van der Waals surface area (Å²) in [5, 5.41) is 3.41. The normalized spacial score (nSPS) is 32.5. The molecule has 1 spiro atoms. The zero-order valence-corrected chi connectivity index (χ0v) is 11.9. The number of piperidine rings is 1. The minimum Gasteiger partial charge on any atom is -0.381 e. The van der Waals surface area contributed by atoms with E-state index >= 15 is 0 Å². The first-order chi connectivity index (χ1) is 9.36. The lowest BCUT2D eigenvalue weighted by Crippen LogP contribution is -2.47. The molecule has 0 aromatic heterocycles. The molecular weight excluding hydrogens is 242 g/mol. The Balaban J connectivity index is 1.45. The molecule has 0 aliphatic carbocycles. The Bertz CT molecular complexity index is 267. The summed E-state index contributed by atoms with van der Waals surface area (Å²) in [5.41, 5.74) is 0.0648. The molecule has 0 aromatic carbocycles. The molecule has 0 saturated carbocycles. The van der Waals surface area contributed by atoms with E-state index in [1.807, 2.05) is 0 Å². The standard InChI is InChI=1S/C15H27NO3/c1-6-16-7-2-13(1)12-18-14-3-8-19-15(11-14)4-9-17-10-5-15/h13-14,16H,1-12H2. The van der Waals surface area contributed by atoms with Crippen molar-refractivity contribution >= 4 is 0 Å². The number of nitrogens with one attached hydrogen (secondary N) is 1. The van der Waals surface area contributed by atoms with Crippen LogP contribution < -0.4 is 5.32 Å². The Morgan fingerprint density at radius 2 is 1.84 bits per heavy atom. The monoisotopic (exact) mass is 269 g/mol. The Hall–Kier alpha value is -0.160. The van der Waals surface area contributed by atoms with Gasteiger partial charge in [0, 0.05) is 32.8 Å².